The molecule has 1 aromatic rings. The van der Waals surface area contributed by atoms with Gasteiger partial charge >= 0.3 is 18.0 Å². The van der Waals surface area contributed by atoms with Crippen LogP contribution < -0.4 is 10.6 Å². The van der Waals surface area contributed by atoms with Crippen molar-refractivity contribution < 1.29 is 29.3 Å². The molecule has 0 bridgehead atoms. The van der Waals surface area contributed by atoms with Crippen molar-refractivity contribution >= 4 is 24.0 Å². The highest BCUT2D eigenvalue weighted by molar-refractivity contribution is 5.94. The van der Waals surface area contributed by atoms with Crippen LogP contribution in [0.3, 0.4) is 0 Å². The van der Waals surface area contributed by atoms with E-state index in [1.165, 1.54) is 12.7 Å². The maximum Gasteiger partial charge on any atom is 0.413 e. The number of guanidine groups is 1. The Morgan fingerprint density at radius 3 is 2.24 bits per heavy atom. The number of hydrogen-bond donors (Lipinski definition) is 4. The first-order valence-electron chi connectivity index (χ1n) is 7.24. The van der Waals surface area contributed by atoms with Crippen LogP contribution in [0.15, 0.2) is 47.5 Å². The summed E-state index contributed by atoms with van der Waals surface area (Å²) in [5.41, 5.74) is 1.25. The number of aliphatic carboxylic acids is 2. The fourth-order valence-electron chi connectivity index (χ4n) is 1.86. The van der Waals surface area contributed by atoms with Gasteiger partial charge < -0.3 is 20.3 Å². The third kappa shape index (κ3) is 8.16. The number of carboxylic acid groups (broad SMARTS) is 2. The molecule has 1 atom stereocenters. The first-order chi connectivity index (χ1) is 11.9. The number of aliphatic imine (C=N–C) groups is 1. The number of carboxylic acids is 2. The molecule has 0 saturated heterocycles. The number of amides is 1. The lowest BCUT2D eigenvalue weighted by atomic mass is 9.98. The van der Waals surface area contributed by atoms with Crippen LogP contribution in [-0.4, -0.2) is 54.4 Å². The summed E-state index contributed by atoms with van der Waals surface area (Å²) in [4.78, 5) is 34.4. The van der Waals surface area contributed by atoms with Crippen LogP contribution in [0.25, 0.3) is 0 Å². The zero-order valence-corrected chi connectivity index (χ0v) is 13.5. The van der Waals surface area contributed by atoms with Crippen LogP contribution in [-0.2, 0) is 14.3 Å². The Morgan fingerprint density at radius 2 is 1.80 bits per heavy atom. The highest BCUT2D eigenvalue weighted by Gasteiger charge is 2.17. The van der Waals surface area contributed by atoms with E-state index in [9.17, 15) is 14.4 Å². The van der Waals surface area contributed by atoms with Crippen LogP contribution in [0, 0.1) is 0 Å². The average molecular weight is 349 g/mol. The predicted octanol–water partition coefficient (Wildman–Crippen LogP) is 0.797. The molecule has 1 aromatic carbocycles. The first-order valence-corrected chi connectivity index (χ1v) is 7.24. The van der Waals surface area contributed by atoms with Crippen molar-refractivity contribution in [1.29, 1.82) is 0 Å². The number of alkyl carbamates (subject to hydrolysis) is 1. The maximum absolute atomic E-state index is 11.0. The largest absolute Gasteiger partial charge is 0.478 e. The molecule has 134 valence electrons. The van der Waals surface area contributed by atoms with Gasteiger partial charge in [-0.05, 0) is 5.56 Å². The van der Waals surface area contributed by atoms with Gasteiger partial charge in [-0.2, -0.15) is 0 Å². The fourth-order valence-corrected chi connectivity index (χ4v) is 1.86. The Bertz CT molecular complexity index is 641. The van der Waals surface area contributed by atoms with E-state index >= 15 is 0 Å². The second-order valence-electron chi connectivity index (χ2n) is 4.80. The molecule has 0 radical (unpaired) electrons. The van der Waals surface area contributed by atoms with E-state index in [4.69, 9.17) is 10.2 Å². The van der Waals surface area contributed by atoms with Crippen molar-refractivity contribution in [3.8, 4) is 0 Å². The molecule has 0 saturated carbocycles. The Morgan fingerprint density at radius 1 is 1.20 bits per heavy atom. The number of ether oxygens (including phenoxy) is 1. The van der Waals surface area contributed by atoms with Crippen LogP contribution in [0.2, 0.25) is 0 Å². The highest BCUT2D eigenvalue weighted by Crippen LogP contribution is 2.16. The van der Waals surface area contributed by atoms with E-state index in [1.54, 1.807) is 0 Å². The molecule has 4 N–H and O–H groups in total. The van der Waals surface area contributed by atoms with E-state index in [0.717, 1.165) is 6.54 Å². The normalized spacial score (nSPS) is 15.9. The standard InChI is InChI=1S/C12H15N3O2.C4H4O4/c1-17-12(16)15-11-13-7-10(8-14-11)9-5-3-2-4-6-9;5-3(6)1-2-4(7)8/h2-6,10H,7-8H2,1H3,(H2,13,14,15,16);1-2H,(H,5,6)(H,7,8)/b;2-1-. The summed E-state index contributed by atoms with van der Waals surface area (Å²) >= 11 is 0. The molecule has 9 nitrogen and oxygen atoms in total. The minimum Gasteiger partial charge on any atom is -0.478 e. The molecule has 1 amide bonds. The van der Waals surface area contributed by atoms with Crippen LogP contribution >= 0.6 is 0 Å². The molecule has 0 aliphatic carbocycles. The van der Waals surface area contributed by atoms with Crippen molar-refractivity contribution in [3.63, 3.8) is 0 Å². The molecule has 25 heavy (non-hydrogen) atoms. The van der Waals surface area contributed by atoms with Crippen LogP contribution in [0.5, 0.6) is 0 Å². The van der Waals surface area contributed by atoms with Gasteiger partial charge in [-0.3, -0.25) is 10.3 Å². The maximum atomic E-state index is 11.0. The molecule has 0 spiro atoms. The number of carbonyl (C=O) groups excluding carboxylic acids is 1. The molecule has 1 unspecified atom stereocenters. The third-order valence-electron chi connectivity index (χ3n) is 3.03. The lowest BCUT2D eigenvalue weighted by molar-refractivity contribution is -0.134. The zero-order chi connectivity index (χ0) is 18.7. The van der Waals surface area contributed by atoms with Gasteiger partial charge in [0.1, 0.15) is 0 Å². The Hall–Kier alpha value is -3.36. The molecule has 0 aromatic heterocycles. The van der Waals surface area contributed by atoms with E-state index < -0.39 is 18.0 Å². The van der Waals surface area contributed by atoms with Gasteiger partial charge in [-0.15, -0.1) is 0 Å². The Kier molecular flexibility index (Phi) is 8.21. The van der Waals surface area contributed by atoms with Gasteiger partial charge in [0.05, 0.1) is 13.7 Å². The average Bonchev–Trinajstić information content (AvgIpc) is 2.62. The number of carbonyl (C=O) groups is 3. The number of nitrogens with zero attached hydrogens (tertiary/aromatic N) is 1. The second-order valence-corrected chi connectivity index (χ2v) is 4.80. The Labute approximate surface area is 144 Å². The van der Waals surface area contributed by atoms with Crippen molar-refractivity contribution in [2.45, 2.75) is 5.92 Å². The third-order valence-corrected chi connectivity index (χ3v) is 3.03. The predicted molar refractivity (Wildman–Crippen MR) is 89.4 cm³/mol. The second kappa shape index (κ2) is 10.4. The minimum atomic E-state index is -1.26. The lowest BCUT2D eigenvalue weighted by Crippen LogP contribution is -2.45. The molecule has 1 aliphatic rings. The molecule has 1 heterocycles. The summed E-state index contributed by atoms with van der Waals surface area (Å²) < 4.78 is 4.49. The molecule has 0 fully saturated rings. The number of rotatable bonds is 3. The summed E-state index contributed by atoms with van der Waals surface area (Å²) in [6, 6.07) is 10.2. The summed E-state index contributed by atoms with van der Waals surface area (Å²) in [5, 5.41) is 21.2. The Balaban J connectivity index is 0.000000333. The van der Waals surface area contributed by atoms with Crippen molar-refractivity contribution in [2.24, 2.45) is 4.99 Å². The monoisotopic (exact) mass is 349 g/mol. The van der Waals surface area contributed by atoms with Crippen molar-refractivity contribution in [2.75, 3.05) is 20.2 Å². The summed E-state index contributed by atoms with van der Waals surface area (Å²) in [6.45, 7) is 1.42. The smallest absolute Gasteiger partial charge is 0.413 e. The van der Waals surface area contributed by atoms with E-state index in [-0.39, 0.29) is 0 Å². The molecular weight excluding hydrogens is 330 g/mol. The van der Waals surface area contributed by atoms with Crippen LogP contribution in [0.4, 0.5) is 4.79 Å². The van der Waals surface area contributed by atoms with Gasteiger partial charge in [0, 0.05) is 24.6 Å². The van der Waals surface area contributed by atoms with E-state index in [0.29, 0.717) is 30.6 Å². The summed E-state index contributed by atoms with van der Waals surface area (Å²) in [5.74, 6) is -1.69. The SMILES string of the molecule is COC(=O)NC1=NCC(c2ccccc2)CN1.O=C(O)/C=C\C(=O)O. The molecular formula is C16H19N3O6. The van der Waals surface area contributed by atoms with Gasteiger partial charge in [0.15, 0.2) is 0 Å². The van der Waals surface area contributed by atoms with E-state index in [1.807, 2.05) is 18.2 Å². The fraction of sp³-hybridized carbons (Fsp3) is 0.250. The van der Waals surface area contributed by atoms with Gasteiger partial charge in [-0.25, -0.2) is 14.4 Å². The number of nitrogens with one attached hydrogen (secondary N) is 2. The highest BCUT2D eigenvalue weighted by atomic mass is 16.5. The number of methoxy groups -OCH3 is 1. The van der Waals surface area contributed by atoms with Crippen molar-refractivity contribution in [3.05, 3.63) is 48.0 Å². The summed E-state index contributed by atoms with van der Waals surface area (Å²) in [7, 11) is 1.32. The number of hydrogen-bond acceptors (Lipinski definition) is 6. The van der Waals surface area contributed by atoms with Gasteiger partial charge in [0.25, 0.3) is 0 Å². The quantitative estimate of drug-likeness (QED) is 0.592. The molecule has 2 rings (SSSR count). The first kappa shape index (κ1) is 19.7. The van der Waals surface area contributed by atoms with E-state index in [2.05, 4.69) is 32.5 Å². The van der Waals surface area contributed by atoms with Crippen LogP contribution in [0.1, 0.15) is 11.5 Å². The topological polar surface area (TPSA) is 137 Å². The summed E-state index contributed by atoms with van der Waals surface area (Å²) in [6.07, 6.45) is 0.611. The van der Waals surface area contributed by atoms with Gasteiger partial charge in [0.2, 0.25) is 5.96 Å². The number of benzene rings is 1. The zero-order valence-electron chi connectivity index (χ0n) is 13.5. The minimum absolute atomic E-state index is 0.347. The molecule has 9 heteroatoms. The van der Waals surface area contributed by atoms with Crippen molar-refractivity contribution in [1.82, 2.24) is 10.6 Å². The van der Waals surface area contributed by atoms with Gasteiger partial charge in [-0.1, -0.05) is 30.3 Å². The molecule has 1 aliphatic heterocycles. The lowest BCUT2D eigenvalue weighted by Gasteiger charge is -2.23.